The van der Waals surface area contributed by atoms with Gasteiger partial charge in [0.15, 0.2) is 5.78 Å². The fraction of sp³-hybridized carbons (Fsp3) is 0.471. The van der Waals surface area contributed by atoms with Crippen molar-refractivity contribution >= 4 is 33.7 Å². The van der Waals surface area contributed by atoms with Gasteiger partial charge in [0.05, 0.1) is 13.2 Å². The normalized spacial score (nSPS) is 23.2. The van der Waals surface area contributed by atoms with Crippen LogP contribution in [-0.2, 0) is 19.1 Å². The molecule has 1 aromatic carbocycles. The number of alkyl halides is 1. The number of carbonyl (C=O) groups is 3. The highest BCUT2D eigenvalue weighted by Gasteiger charge is 2.71. The van der Waals surface area contributed by atoms with Crippen LogP contribution < -0.4 is 0 Å². The molecule has 1 aromatic rings. The molecule has 0 N–H and O–H groups in total. The van der Waals surface area contributed by atoms with Crippen molar-refractivity contribution in [2.75, 3.05) is 13.2 Å². The molecule has 0 aliphatic heterocycles. The average Bonchev–Trinajstić information content (AvgIpc) is 3.20. The van der Waals surface area contributed by atoms with Crippen molar-refractivity contribution in [2.24, 2.45) is 11.3 Å². The zero-order valence-corrected chi connectivity index (χ0v) is 15.0. The average molecular weight is 401 g/mol. The van der Waals surface area contributed by atoms with Crippen LogP contribution in [-0.4, -0.2) is 37.1 Å². The second-order valence-electron chi connectivity index (χ2n) is 5.49. The van der Waals surface area contributed by atoms with E-state index < -0.39 is 35.2 Å². The van der Waals surface area contributed by atoms with Crippen LogP contribution in [0.4, 0.5) is 4.39 Å². The summed E-state index contributed by atoms with van der Waals surface area (Å²) in [5.74, 6) is -3.97. The van der Waals surface area contributed by atoms with Crippen LogP contribution in [0.1, 0.15) is 30.6 Å². The second-order valence-corrected chi connectivity index (χ2v) is 6.40. The molecule has 1 unspecified atom stereocenters. The largest absolute Gasteiger partial charge is 0.465 e. The Morgan fingerprint density at radius 2 is 1.75 bits per heavy atom. The van der Waals surface area contributed by atoms with Crippen molar-refractivity contribution in [3.63, 3.8) is 0 Å². The van der Waals surface area contributed by atoms with E-state index in [-0.39, 0.29) is 25.2 Å². The topological polar surface area (TPSA) is 69.7 Å². The molecule has 130 valence electrons. The van der Waals surface area contributed by atoms with Gasteiger partial charge in [-0.25, -0.2) is 4.39 Å². The van der Waals surface area contributed by atoms with Gasteiger partial charge < -0.3 is 9.47 Å². The van der Waals surface area contributed by atoms with Gasteiger partial charge in [0, 0.05) is 10.0 Å². The summed E-state index contributed by atoms with van der Waals surface area (Å²) in [5, 5.41) is 0. The smallest absolute Gasteiger partial charge is 0.318 e. The number of ketones is 1. The summed E-state index contributed by atoms with van der Waals surface area (Å²) in [5.41, 5.74) is -1.58. The first-order chi connectivity index (χ1) is 11.4. The van der Waals surface area contributed by atoms with Gasteiger partial charge in [0.1, 0.15) is 17.5 Å². The first-order valence-electron chi connectivity index (χ1n) is 7.66. The lowest BCUT2D eigenvalue weighted by molar-refractivity contribution is -0.161. The molecule has 0 saturated heterocycles. The van der Waals surface area contributed by atoms with E-state index >= 15 is 0 Å². The number of rotatable bonds is 7. The molecule has 2 rings (SSSR count). The Hall–Kier alpha value is -1.76. The first-order valence-corrected chi connectivity index (χ1v) is 8.45. The van der Waals surface area contributed by atoms with Gasteiger partial charge in [-0.3, -0.25) is 14.4 Å². The van der Waals surface area contributed by atoms with Gasteiger partial charge in [0.2, 0.25) is 0 Å². The summed E-state index contributed by atoms with van der Waals surface area (Å²) in [6, 6.07) is 6.28. The van der Waals surface area contributed by atoms with Crippen LogP contribution in [0, 0.1) is 11.3 Å². The van der Waals surface area contributed by atoms with Gasteiger partial charge in [-0.1, -0.05) is 28.1 Å². The van der Waals surface area contributed by atoms with E-state index in [0.29, 0.717) is 0 Å². The molecule has 5 nitrogen and oxygen atoms in total. The molecule has 1 saturated carbocycles. The highest BCUT2D eigenvalue weighted by Crippen LogP contribution is 2.56. The molecule has 0 heterocycles. The second kappa shape index (κ2) is 7.42. The third kappa shape index (κ3) is 3.36. The van der Waals surface area contributed by atoms with E-state index in [4.69, 9.17) is 9.47 Å². The zero-order valence-electron chi connectivity index (χ0n) is 13.4. The van der Waals surface area contributed by atoms with Gasteiger partial charge in [0.25, 0.3) is 0 Å². The first kappa shape index (κ1) is 18.6. The quantitative estimate of drug-likeness (QED) is 0.399. The number of esters is 2. The van der Waals surface area contributed by atoms with Gasteiger partial charge in [-0.2, -0.15) is 0 Å². The lowest BCUT2D eigenvalue weighted by atomic mass is 9.82. The third-order valence-electron chi connectivity index (χ3n) is 4.00. The lowest BCUT2D eigenvalue weighted by Gasteiger charge is -2.22. The number of hydrogen-bond acceptors (Lipinski definition) is 5. The molecule has 7 heteroatoms. The van der Waals surface area contributed by atoms with Crippen LogP contribution in [0.2, 0.25) is 0 Å². The number of halogens is 2. The van der Waals surface area contributed by atoms with Gasteiger partial charge in [-0.05, 0) is 32.4 Å². The Morgan fingerprint density at radius 3 is 2.21 bits per heavy atom. The maximum absolute atomic E-state index is 14.1. The molecule has 24 heavy (non-hydrogen) atoms. The minimum absolute atomic E-state index is 0.0266. The summed E-state index contributed by atoms with van der Waals surface area (Å²) in [4.78, 5) is 37.4. The fourth-order valence-corrected chi connectivity index (χ4v) is 2.95. The fourth-order valence-electron chi connectivity index (χ4n) is 2.69. The maximum atomic E-state index is 14.1. The number of hydrogen-bond donors (Lipinski definition) is 0. The Balaban J connectivity index is 2.41. The summed E-state index contributed by atoms with van der Waals surface area (Å²) in [6.45, 7) is 3.22. The Labute approximate surface area is 147 Å². The van der Waals surface area contributed by atoms with E-state index in [1.807, 2.05) is 0 Å². The van der Waals surface area contributed by atoms with Crippen LogP contribution in [0.5, 0.6) is 0 Å². The minimum atomic E-state index is -1.79. The Bertz CT molecular complexity index is 645. The highest BCUT2D eigenvalue weighted by molar-refractivity contribution is 9.10. The molecule has 1 fully saturated rings. The van der Waals surface area contributed by atoms with E-state index in [2.05, 4.69) is 15.9 Å². The van der Waals surface area contributed by atoms with Crippen molar-refractivity contribution in [1.82, 2.24) is 0 Å². The molecule has 0 spiro atoms. The van der Waals surface area contributed by atoms with Crippen molar-refractivity contribution in [2.45, 2.75) is 26.4 Å². The highest BCUT2D eigenvalue weighted by atomic mass is 79.9. The number of ether oxygens (including phenoxy) is 2. The summed E-state index contributed by atoms with van der Waals surface area (Å²) < 4.78 is 24.7. The minimum Gasteiger partial charge on any atom is -0.465 e. The molecular formula is C17H18BrFO5. The van der Waals surface area contributed by atoms with E-state index in [1.54, 1.807) is 26.0 Å². The maximum Gasteiger partial charge on any atom is 0.318 e. The molecule has 0 aromatic heterocycles. The van der Waals surface area contributed by atoms with Gasteiger partial charge >= 0.3 is 11.9 Å². The lowest BCUT2D eigenvalue weighted by Crippen LogP contribution is -2.41. The van der Waals surface area contributed by atoms with Crippen LogP contribution in [0.25, 0.3) is 0 Å². The predicted molar refractivity (Wildman–Crippen MR) is 87.2 cm³/mol. The Kier molecular flexibility index (Phi) is 5.74. The third-order valence-corrected chi connectivity index (χ3v) is 4.53. The van der Waals surface area contributed by atoms with Crippen molar-refractivity contribution in [3.05, 3.63) is 34.3 Å². The van der Waals surface area contributed by atoms with Crippen LogP contribution in [0.15, 0.2) is 28.7 Å². The SMILES string of the molecule is CCOC(=O)C(C(=O)c1ccc(Br)cc1)[C@]1(C(=O)OCC)C[C@@H]1F. The number of carbonyl (C=O) groups excluding carboxylic acids is 3. The molecule has 0 radical (unpaired) electrons. The standard InChI is InChI=1S/C17H18BrFO5/c1-3-23-15(21)13(14(20)10-5-7-11(18)8-6-10)17(9-12(17)19)16(22)24-4-2/h5-8,12-13H,3-4,9H2,1-2H3/t12-,13?,17-/m0/s1. The molecule has 0 bridgehead atoms. The van der Waals surface area contributed by atoms with Crippen LogP contribution in [0.3, 0.4) is 0 Å². The monoisotopic (exact) mass is 400 g/mol. The summed E-state index contributed by atoms with van der Waals surface area (Å²) in [7, 11) is 0. The molecule has 1 aliphatic rings. The molecule has 3 atom stereocenters. The number of benzene rings is 1. The van der Waals surface area contributed by atoms with Crippen LogP contribution >= 0.6 is 15.9 Å². The Morgan fingerprint density at radius 1 is 1.21 bits per heavy atom. The molecule has 1 aliphatic carbocycles. The van der Waals surface area contributed by atoms with Crippen molar-refractivity contribution in [3.8, 4) is 0 Å². The number of Topliss-reactive ketones (excluding diaryl/α,β-unsaturated/α-hetero) is 1. The molecule has 0 amide bonds. The van der Waals surface area contributed by atoms with E-state index in [1.165, 1.54) is 12.1 Å². The van der Waals surface area contributed by atoms with Crippen molar-refractivity contribution in [1.29, 1.82) is 0 Å². The molecular weight excluding hydrogens is 383 g/mol. The zero-order chi connectivity index (χ0) is 17.9. The summed E-state index contributed by atoms with van der Waals surface area (Å²) >= 11 is 3.25. The van der Waals surface area contributed by atoms with E-state index in [0.717, 1.165) is 4.47 Å². The summed E-state index contributed by atoms with van der Waals surface area (Å²) in [6.07, 6.45) is -1.83. The van der Waals surface area contributed by atoms with Gasteiger partial charge in [-0.15, -0.1) is 0 Å². The van der Waals surface area contributed by atoms with E-state index in [9.17, 15) is 18.8 Å². The van der Waals surface area contributed by atoms with Crippen molar-refractivity contribution < 1.29 is 28.2 Å². The predicted octanol–water partition coefficient (Wildman–Crippen LogP) is 3.10.